The highest BCUT2D eigenvalue weighted by atomic mass is 32.2. The lowest BCUT2D eigenvalue weighted by Crippen LogP contribution is -2.14. The summed E-state index contributed by atoms with van der Waals surface area (Å²) in [7, 11) is -3.21. The Hall–Kier alpha value is -1.73. The Morgan fingerprint density at radius 2 is 1.91 bits per heavy atom. The van der Waals surface area contributed by atoms with E-state index in [0.29, 0.717) is 11.0 Å². The fourth-order valence-corrected chi connectivity index (χ4v) is 3.71. The van der Waals surface area contributed by atoms with Crippen molar-refractivity contribution in [2.45, 2.75) is 38.0 Å². The van der Waals surface area contributed by atoms with E-state index in [-0.39, 0.29) is 23.0 Å². The van der Waals surface area contributed by atoms with Crippen molar-refractivity contribution >= 4 is 32.2 Å². The standard InChI is InChI=1S/C16H20N2O3S2/c1-4-23(20,21)13-7-5-12(6-8-13)9-15(19)18-16-17-14(10-22-16)11(2)3/h5-8,10-11H,4,9H2,1-3H3,(H,17,18,19). The topological polar surface area (TPSA) is 76.1 Å². The third-order valence-electron chi connectivity index (χ3n) is 3.39. The molecular weight excluding hydrogens is 332 g/mol. The molecule has 124 valence electrons. The van der Waals surface area contributed by atoms with Crippen LogP contribution < -0.4 is 5.32 Å². The molecule has 0 radical (unpaired) electrons. The van der Waals surface area contributed by atoms with E-state index >= 15 is 0 Å². The van der Waals surface area contributed by atoms with Gasteiger partial charge in [0.2, 0.25) is 5.91 Å². The van der Waals surface area contributed by atoms with E-state index in [0.717, 1.165) is 11.3 Å². The van der Waals surface area contributed by atoms with Crippen molar-refractivity contribution in [2.75, 3.05) is 11.1 Å². The first-order valence-corrected chi connectivity index (χ1v) is 9.92. The zero-order valence-electron chi connectivity index (χ0n) is 13.4. The number of hydrogen-bond donors (Lipinski definition) is 1. The van der Waals surface area contributed by atoms with Crippen molar-refractivity contribution in [1.82, 2.24) is 4.98 Å². The quantitative estimate of drug-likeness (QED) is 0.866. The number of benzene rings is 1. The smallest absolute Gasteiger partial charge is 0.230 e. The minimum atomic E-state index is -3.21. The van der Waals surface area contributed by atoms with Gasteiger partial charge in [0.25, 0.3) is 0 Å². The molecule has 0 atom stereocenters. The number of hydrogen-bond acceptors (Lipinski definition) is 5. The Bertz CT molecular complexity index is 778. The van der Waals surface area contributed by atoms with Gasteiger partial charge >= 0.3 is 0 Å². The molecule has 1 aromatic heterocycles. The molecule has 0 saturated carbocycles. The Balaban J connectivity index is 2.00. The van der Waals surface area contributed by atoms with Crippen LogP contribution in [-0.2, 0) is 21.1 Å². The SMILES string of the molecule is CCS(=O)(=O)c1ccc(CC(=O)Nc2nc(C(C)C)cs2)cc1. The van der Waals surface area contributed by atoms with Crippen LogP contribution in [0.5, 0.6) is 0 Å². The fraction of sp³-hybridized carbons (Fsp3) is 0.375. The van der Waals surface area contributed by atoms with Crippen molar-refractivity contribution in [3.63, 3.8) is 0 Å². The first-order valence-electron chi connectivity index (χ1n) is 7.38. The molecule has 0 aliphatic carbocycles. The normalized spacial score (nSPS) is 11.7. The lowest BCUT2D eigenvalue weighted by molar-refractivity contribution is -0.115. The van der Waals surface area contributed by atoms with Gasteiger partial charge in [-0.25, -0.2) is 13.4 Å². The van der Waals surface area contributed by atoms with Crippen LogP contribution in [-0.4, -0.2) is 25.1 Å². The molecule has 1 heterocycles. The summed E-state index contributed by atoms with van der Waals surface area (Å²) < 4.78 is 23.5. The van der Waals surface area contributed by atoms with Gasteiger partial charge in [0.05, 0.1) is 22.8 Å². The van der Waals surface area contributed by atoms with Gasteiger partial charge in [-0.15, -0.1) is 11.3 Å². The number of rotatable bonds is 6. The summed E-state index contributed by atoms with van der Waals surface area (Å²) in [6, 6.07) is 6.43. The summed E-state index contributed by atoms with van der Waals surface area (Å²) in [5.74, 6) is 0.223. The summed E-state index contributed by atoms with van der Waals surface area (Å²) in [4.78, 5) is 16.7. The van der Waals surface area contributed by atoms with Gasteiger partial charge in [-0.05, 0) is 23.6 Å². The second-order valence-corrected chi connectivity index (χ2v) is 8.64. The Labute approximate surface area is 140 Å². The number of carbonyl (C=O) groups excluding carboxylic acids is 1. The molecule has 23 heavy (non-hydrogen) atoms. The van der Waals surface area contributed by atoms with Crippen LogP contribution in [0.25, 0.3) is 0 Å². The number of aromatic nitrogens is 1. The number of nitrogens with zero attached hydrogens (tertiary/aromatic N) is 1. The molecule has 5 nitrogen and oxygen atoms in total. The fourth-order valence-electron chi connectivity index (χ4n) is 1.94. The highest BCUT2D eigenvalue weighted by molar-refractivity contribution is 7.91. The Morgan fingerprint density at radius 3 is 2.43 bits per heavy atom. The highest BCUT2D eigenvalue weighted by Crippen LogP contribution is 2.21. The maximum atomic E-state index is 12.0. The van der Waals surface area contributed by atoms with Crippen LogP contribution in [0.15, 0.2) is 34.5 Å². The van der Waals surface area contributed by atoms with Gasteiger partial charge in [-0.3, -0.25) is 4.79 Å². The summed E-state index contributed by atoms with van der Waals surface area (Å²) in [6.45, 7) is 5.70. The van der Waals surface area contributed by atoms with Crippen LogP contribution in [0.4, 0.5) is 5.13 Å². The summed E-state index contributed by atoms with van der Waals surface area (Å²) >= 11 is 1.40. The monoisotopic (exact) mass is 352 g/mol. The maximum Gasteiger partial charge on any atom is 0.230 e. The van der Waals surface area contributed by atoms with Crippen LogP contribution >= 0.6 is 11.3 Å². The molecule has 0 aliphatic heterocycles. The van der Waals surface area contributed by atoms with Crippen molar-refractivity contribution < 1.29 is 13.2 Å². The second-order valence-electron chi connectivity index (χ2n) is 5.50. The first kappa shape index (κ1) is 17.6. The van der Waals surface area contributed by atoms with Gasteiger partial charge in [-0.2, -0.15) is 0 Å². The lowest BCUT2D eigenvalue weighted by atomic mass is 10.1. The molecule has 0 aliphatic rings. The number of nitrogens with one attached hydrogen (secondary N) is 1. The number of amides is 1. The summed E-state index contributed by atoms with van der Waals surface area (Å²) in [5.41, 5.74) is 1.72. The zero-order chi connectivity index (χ0) is 17.0. The molecule has 0 unspecified atom stereocenters. The molecule has 1 aromatic carbocycles. The molecule has 0 spiro atoms. The van der Waals surface area contributed by atoms with E-state index in [1.165, 1.54) is 11.3 Å². The van der Waals surface area contributed by atoms with Crippen LogP contribution in [0.2, 0.25) is 0 Å². The van der Waals surface area contributed by atoms with Crippen molar-refractivity contribution in [1.29, 1.82) is 0 Å². The molecular formula is C16H20N2O3S2. The van der Waals surface area contributed by atoms with Crippen molar-refractivity contribution in [3.05, 3.63) is 40.9 Å². The first-order chi connectivity index (χ1) is 10.8. The van der Waals surface area contributed by atoms with Gasteiger partial charge in [0.1, 0.15) is 0 Å². The molecule has 0 bridgehead atoms. The molecule has 7 heteroatoms. The van der Waals surface area contributed by atoms with Crippen LogP contribution in [0, 0.1) is 0 Å². The molecule has 2 aromatic rings. The van der Waals surface area contributed by atoms with E-state index in [1.54, 1.807) is 31.2 Å². The number of sulfone groups is 1. The van der Waals surface area contributed by atoms with Gasteiger partial charge in [0, 0.05) is 5.38 Å². The summed E-state index contributed by atoms with van der Waals surface area (Å²) in [5, 5.41) is 5.29. The van der Waals surface area contributed by atoms with E-state index in [2.05, 4.69) is 10.3 Å². The second kappa shape index (κ2) is 7.23. The van der Waals surface area contributed by atoms with E-state index in [4.69, 9.17) is 0 Å². The molecule has 0 fully saturated rings. The number of anilines is 1. The Morgan fingerprint density at radius 1 is 1.26 bits per heavy atom. The lowest BCUT2D eigenvalue weighted by Gasteiger charge is -2.05. The summed E-state index contributed by atoms with van der Waals surface area (Å²) in [6.07, 6.45) is 0.184. The third-order valence-corrected chi connectivity index (χ3v) is 5.91. The van der Waals surface area contributed by atoms with Gasteiger partial charge < -0.3 is 5.32 Å². The average Bonchev–Trinajstić information content (AvgIpc) is 2.96. The van der Waals surface area contributed by atoms with Crippen molar-refractivity contribution in [3.8, 4) is 0 Å². The average molecular weight is 352 g/mol. The van der Waals surface area contributed by atoms with E-state index in [1.807, 2.05) is 19.2 Å². The van der Waals surface area contributed by atoms with Gasteiger partial charge in [-0.1, -0.05) is 32.9 Å². The minimum Gasteiger partial charge on any atom is -0.302 e. The molecule has 2 rings (SSSR count). The van der Waals surface area contributed by atoms with Crippen LogP contribution in [0.1, 0.15) is 37.9 Å². The highest BCUT2D eigenvalue weighted by Gasteiger charge is 2.12. The molecule has 0 saturated heterocycles. The predicted molar refractivity (Wildman–Crippen MR) is 92.7 cm³/mol. The van der Waals surface area contributed by atoms with Crippen LogP contribution in [0.3, 0.4) is 0 Å². The largest absolute Gasteiger partial charge is 0.302 e. The predicted octanol–water partition coefficient (Wildman–Crippen LogP) is 3.24. The van der Waals surface area contributed by atoms with E-state index in [9.17, 15) is 13.2 Å². The third kappa shape index (κ3) is 4.62. The maximum absolute atomic E-state index is 12.0. The zero-order valence-corrected chi connectivity index (χ0v) is 15.0. The van der Waals surface area contributed by atoms with Gasteiger partial charge in [0.15, 0.2) is 15.0 Å². The minimum absolute atomic E-state index is 0.0645. The van der Waals surface area contributed by atoms with E-state index < -0.39 is 9.84 Å². The molecule has 1 N–H and O–H groups in total. The number of thiazole rings is 1. The molecule has 1 amide bonds. The number of carbonyl (C=O) groups is 1. The van der Waals surface area contributed by atoms with Crippen molar-refractivity contribution in [2.24, 2.45) is 0 Å². The Kier molecular flexibility index (Phi) is 5.54.